The average molecular weight is 259 g/mol. The Morgan fingerprint density at radius 1 is 1.16 bits per heavy atom. The van der Waals surface area contributed by atoms with E-state index in [-0.39, 0.29) is 0 Å². The van der Waals surface area contributed by atoms with Gasteiger partial charge >= 0.3 is 0 Å². The third kappa shape index (κ3) is 3.60. The number of benzene rings is 1. The van der Waals surface area contributed by atoms with Gasteiger partial charge in [-0.1, -0.05) is 44.0 Å². The van der Waals surface area contributed by atoms with Crippen molar-refractivity contribution in [3.05, 3.63) is 34.9 Å². The molecule has 0 radical (unpaired) electrons. The molecule has 1 fully saturated rings. The molecule has 19 heavy (non-hydrogen) atoms. The minimum Gasteiger partial charge on any atom is -0.307 e. The van der Waals surface area contributed by atoms with Gasteiger partial charge in [0.05, 0.1) is 0 Å². The molecule has 0 heterocycles. The van der Waals surface area contributed by atoms with Crippen LogP contribution in [0, 0.1) is 25.7 Å². The smallest absolute Gasteiger partial charge is 0.0297 e. The first kappa shape index (κ1) is 14.6. The van der Waals surface area contributed by atoms with Crippen molar-refractivity contribution >= 4 is 0 Å². The van der Waals surface area contributed by atoms with E-state index < -0.39 is 0 Å². The van der Waals surface area contributed by atoms with Gasteiger partial charge in [0, 0.05) is 12.1 Å². The molecule has 1 heteroatoms. The van der Waals surface area contributed by atoms with Crippen LogP contribution in [0.2, 0.25) is 0 Å². The zero-order chi connectivity index (χ0) is 14.0. The molecule has 1 aliphatic carbocycles. The Morgan fingerprint density at radius 3 is 2.58 bits per heavy atom. The summed E-state index contributed by atoms with van der Waals surface area (Å²) in [5.41, 5.74) is 4.22. The van der Waals surface area contributed by atoms with Crippen molar-refractivity contribution in [3.63, 3.8) is 0 Å². The molecule has 4 unspecified atom stereocenters. The first-order chi connectivity index (χ1) is 8.97. The lowest BCUT2D eigenvalue weighted by molar-refractivity contribution is 0.216. The van der Waals surface area contributed by atoms with Crippen LogP contribution in [0.25, 0.3) is 0 Å². The Labute approximate surface area is 118 Å². The molecule has 106 valence electrons. The molecular formula is C18H29N. The van der Waals surface area contributed by atoms with Gasteiger partial charge in [0.25, 0.3) is 0 Å². The molecule has 0 bridgehead atoms. The third-order valence-corrected chi connectivity index (χ3v) is 4.81. The van der Waals surface area contributed by atoms with Gasteiger partial charge < -0.3 is 5.32 Å². The molecule has 0 aliphatic heterocycles. The summed E-state index contributed by atoms with van der Waals surface area (Å²) in [7, 11) is 0. The quantitative estimate of drug-likeness (QED) is 0.824. The SMILES string of the molecule is Cc1ccc(C(C)NC2CC(C)CCC2C)c(C)c1. The number of hydrogen-bond donors (Lipinski definition) is 1. The van der Waals surface area contributed by atoms with Crippen LogP contribution in [0.5, 0.6) is 0 Å². The van der Waals surface area contributed by atoms with Gasteiger partial charge in [-0.2, -0.15) is 0 Å². The third-order valence-electron chi connectivity index (χ3n) is 4.81. The fourth-order valence-corrected chi connectivity index (χ4v) is 3.49. The summed E-state index contributed by atoms with van der Waals surface area (Å²) in [6.45, 7) is 11.5. The molecule has 1 aromatic carbocycles. The highest BCUT2D eigenvalue weighted by Crippen LogP contribution is 2.30. The molecule has 1 aliphatic rings. The van der Waals surface area contributed by atoms with E-state index in [4.69, 9.17) is 0 Å². The second-order valence-electron chi connectivity index (χ2n) is 6.75. The molecular weight excluding hydrogens is 230 g/mol. The zero-order valence-electron chi connectivity index (χ0n) is 13.2. The van der Waals surface area contributed by atoms with Gasteiger partial charge in [-0.15, -0.1) is 0 Å². The van der Waals surface area contributed by atoms with Crippen LogP contribution >= 0.6 is 0 Å². The maximum absolute atomic E-state index is 3.88. The van der Waals surface area contributed by atoms with Crippen molar-refractivity contribution in [1.82, 2.24) is 5.32 Å². The van der Waals surface area contributed by atoms with Gasteiger partial charge in [-0.05, 0) is 56.6 Å². The van der Waals surface area contributed by atoms with E-state index in [2.05, 4.69) is 58.1 Å². The average Bonchev–Trinajstić information content (AvgIpc) is 2.33. The molecule has 0 aromatic heterocycles. The second kappa shape index (κ2) is 6.09. The normalized spacial score (nSPS) is 29.2. The topological polar surface area (TPSA) is 12.0 Å². The summed E-state index contributed by atoms with van der Waals surface area (Å²) < 4.78 is 0. The molecule has 0 spiro atoms. The molecule has 1 nitrogen and oxygen atoms in total. The Morgan fingerprint density at radius 2 is 1.89 bits per heavy atom. The largest absolute Gasteiger partial charge is 0.307 e. The lowest BCUT2D eigenvalue weighted by Gasteiger charge is -2.35. The van der Waals surface area contributed by atoms with Crippen LogP contribution < -0.4 is 5.32 Å². The van der Waals surface area contributed by atoms with Crippen LogP contribution in [-0.2, 0) is 0 Å². The van der Waals surface area contributed by atoms with Crippen LogP contribution in [0.4, 0.5) is 0 Å². The molecule has 2 rings (SSSR count). The first-order valence-corrected chi connectivity index (χ1v) is 7.80. The summed E-state index contributed by atoms with van der Waals surface area (Å²) in [5, 5.41) is 3.88. The maximum atomic E-state index is 3.88. The number of hydrogen-bond acceptors (Lipinski definition) is 1. The van der Waals surface area contributed by atoms with E-state index in [1.807, 2.05) is 0 Å². The van der Waals surface area contributed by atoms with Crippen LogP contribution in [0.15, 0.2) is 18.2 Å². The van der Waals surface area contributed by atoms with Crippen molar-refractivity contribution in [3.8, 4) is 0 Å². The van der Waals surface area contributed by atoms with Gasteiger partial charge in [0.1, 0.15) is 0 Å². The van der Waals surface area contributed by atoms with Crippen molar-refractivity contribution in [2.45, 2.75) is 66.0 Å². The van der Waals surface area contributed by atoms with Crippen molar-refractivity contribution in [2.24, 2.45) is 11.8 Å². The molecule has 1 N–H and O–H groups in total. The Balaban J connectivity index is 2.05. The fourth-order valence-electron chi connectivity index (χ4n) is 3.49. The Kier molecular flexibility index (Phi) is 4.67. The Bertz CT molecular complexity index is 424. The van der Waals surface area contributed by atoms with Crippen LogP contribution in [0.3, 0.4) is 0 Å². The lowest BCUT2D eigenvalue weighted by Crippen LogP contribution is -2.40. The molecule has 1 aromatic rings. The summed E-state index contributed by atoms with van der Waals surface area (Å²) in [4.78, 5) is 0. The standard InChI is InChI=1S/C18H29N/c1-12-7-9-17(15(4)10-12)16(5)19-18-11-13(2)6-8-14(18)3/h7,9-10,13-14,16,18-19H,6,8,11H2,1-5H3. The van der Waals surface area contributed by atoms with Crippen LogP contribution in [0.1, 0.15) is 62.8 Å². The molecule has 0 saturated heterocycles. The monoisotopic (exact) mass is 259 g/mol. The van der Waals surface area contributed by atoms with Gasteiger partial charge in [-0.3, -0.25) is 0 Å². The highest BCUT2D eigenvalue weighted by molar-refractivity contribution is 5.32. The zero-order valence-corrected chi connectivity index (χ0v) is 13.2. The maximum Gasteiger partial charge on any atom is 0.0297 e. The van der Waals surface area contributed by atoms with Crippen LogP contribution in [-0.4, -0.2) is 6.04 Å². The van der Waals surface area contributed by atoms with E-state index in [0.29, 0.717) is 12.1 Å². The minimum atomic E-state index is 0.457. The number of aryl methyl sites for hydroxylation is 2. The number of rotatable bonds is 3. The van der Waals surface area contributed by atoms with Crippen molar-refractivity contribution in [1.29, 1.82) is 0 Å². The predicted octanol–water partition coefficient (Wildman–Crippen LogP) is 4.78. The van der Waals surface area contributed by atoms with Crippen molar-refractivity contribution in [2.75, 3.05) is 0 Å². The van der Waals surface area contributed by atoms with Crippen molar-refractivity contribution < 1.29 is 0 Å². The predicted molar refractivity (Wildman–Crippen MR) is 83.4 cm³/mol. The minimum absolute atomic E-state index is 0.457. The van der Waals surface area contributed by atoms with E-state index in [1.165, 1.54) is 36.0 Å². The van der Waals surface area contributed by atoms with E-state index in [9.17, 15) is 0 Å². The van der Waals surface area contributed by atoms with E-state index in [0.717, 1.165) is 11.8 Å². The fraction of sp³-hybridized carbons (Fsp3) is 0.667. The molecule has 0 amide bonds. The summed E-state index contributed by atoms with van der Waals surface area (Å²) in [5.74, 6) is 1.68. The molecule has 1 saturated carbocycles. The van der Waals surface area contributed by atoms with Gasteiger partial charge in [0.15, 0.2) is 0 Å². The summed E-state index contributed by atoms with van der Waals surface area (Å²) >= 11 is 0. The van der Waals surface area contributed by atoms with E-state index >= 15 is 0 Å². The van der Waals surface area contributed by atoms with Gasteiger partial charge in [-0.25, -0.2) is 0 Å². The summed E-state index contributed by atoms with van der Waals surface area (Å²) in [6.07, 6.45) is 4.10. The number of nitrogens with one attached hydrogen (secondary N) is 1. The van der Waals surface area contributed by atoms with Gasteiger partial charge in [0.2, 0.25) is 0 Å². The summed E-state index contributed by atoms with van der Waals surface area (Å²) in [6, 6.07) is 7.95. The lowest BCUT2D eigenvalue weighted by atomic mass is 9.79. The second-order valence-corrected chi connectivity index (χ2v) is 6.75. The first-order valence-electron chi connectivity index (χ1n) is 7.80. The van der Waals surface area contributed by atoms with E-state index in [1.54, 1.807) is 0 Å². The highest BCUT2D eigenvalue weighted by Gasteiger charge is 2.26. The highest BCUT2D eigenvalue weighted by atomic mass is 15.0. The Hall–Kier alpha value is -0.820. The molecule has 4 atom stereocenters.